The van der Waals surface area contributed by atoms with Gasteiger partial charge in [-0.25, -0.2) is 4.79 Å². The lowest BCUT2D eigenvalue weighted by molar-refractivity contribution is -0.153. The highest BCUT2D eigenvalue weighted by Crippen LogP contribution is 2.38. The molecule has 0 radical (unpaired) electrons. The topological polar surface area (TPSA) is 125 Å². The normalized spacial score (nSPS) is 12.0. The number of benzene rings is 2. The van der Waals surface area contributed by atoms with Crippen molar-refractivity contribution in [3.63, 3.8) is 0 Å². The molecule has 42 heavy (non-hydrogen) atoms. The summed E-state index contributed by atoms with van der Waals surface area (Å²) < 4.78 is 51.7. The van der Waals surface area contributed by atoms with E-state index in [2.05, 4.69) is 10.4 Å². The van der Waals surface area contributed by atoms with Crippen LogP contribution in [0.5, 0.6) is 11.5 Å². The number of rotatable bonds is 10. The molecule has 4 aromatic rings. The number of hydrogen-bond donors (Lipinski definition) is 2. The molecule has 0 aliphatic rings. The Kier molecular flexibility index (Phi) is 8.90. The van der Waals surface area contributed by atoms with Gasteiger partial charge in [0.25, 0.3) is 5.56 Å². The zero-order valence-electron chi connectivity index (χ0n) is 22.2. The molecule has 4 rings (SSSR count). The van der Waals surface area contributed by atoms with Crippen molar-refractivity contribution in [1.82, 2.24) is 14.3 Å². The summed E-state index contributed by atoms with van der Waals surface area (Å²) in [6.07, 6.45) is -1.68. The summed E-state index contributed by atoms with van der Waals surface area (Å²) in [7, 11) is 2.99. The molecular formula is C28H24ClF3N4O6. The second-order valence-electron chi connectivity index (χ2n) is 9.12. The summed E-state index contributed by atoms with van der Waals surface area (Å²) in [6.45, 7) is -1.57. The predicted octanol–water partition coefficient (Wildman–Crippen LogP) is 4.97. The molecule has 1 amide bonds. The standard InChI is InChI=1S/C28H24ClF3N4O6/c1-35-10-9-19(34-35)12-22(26(38)33-18-6-3-16(4-7-18)27(39)40)36-14-24(41-2)21(13-25(36)37)20-11-17(29)5-8-23(20)42-15-28(30,31)32/h3-11,13-14,22H,12,15H2,1-2H3,(H,33,38)(H,39,40). The molecule has 0 saturated carbocycles. The van der Waals surface area contributed by atoms with Crippen molar-refractivity contribution in [3.8, 4) is 22.6 Å². The fourth-order valence-electron chi connectivity index (χ4n) is 4.15. The van der Waals surface area contributed by atoms with Crippen molar-refractivity contribution < 1.29 is 37.3 Å². The lowest BCUT2D eigenvalue weighted by Gasteiger charge is -2.21. The molecule has 1 unspecified atom stereocenters. The van der Waals surface area contributed by atoms with Crippen LogP contribution in [0.3, 0.4) is 0 Å². The summed E-state index contributed by atoms with van der Waals surface area (Å²) >= 11 is 6.12. The molecule has 0 aliphatic carbocycles. The Morgan fingerprint density at radius 3 is 2.36 bits per heavy atom. The molecule has 0 fully saturated rings. The number of halogens is 4. The van der Waals surface area contributed by atoms with Crippen molar-refractivity contribution >= 4 is 29.2 Å². The van der Waals surface area contributed by atoms with Crippen molar-refractivity contribution in [2.24, 2.45) is 7.05 Å². The second-order valence-corrected chi connectivity index (χ2v) is 9.55. The molecule has 2 heterocycles. The number of aryl methyl sites for hydroxylation is 1. The third-order valence-electron chi connectivity index (χ3n) is 6.10. The van der Waals surface area contributed by atoms with Crippen LogP contribution in [0.15, 0.2) is 71.8 Å². The van der Waals surface area contributed by atoms with Gasteiger partial charge in [0.15, 0.2) is 6.61 Å². The van der Waals surface area contributed by atoms with Gasteiger partial charge in [-0.3, -0.25) is 18.8 Å². The number of carboxylic acid groups (broad SMARTS) is 1. The van der Waals surface area contributed by atoms with Crippen LogP contribution >= 0.6 is 11.6 Å². The van der Waals surface area contributed by atoms with Gasteiger partial charge in [0.05, 0.1) is 24.6 Å². The average molecular weight is 605 g/mol. The highest BCUT2D eigenvalue weighted by Gasteiger charge is 2.30. The maximum absolute atomic E-state index is 13.5. The first-order valence-corrected chi connectivity index (χ1v) is 12.6. The van der Waals surface area contributed by atoms with E-state index < -0.39 is 36.3 Å². The molecule has 2 aromatic heterocycles. The van der Waals surface area contributed by atoms with Crippen LogP contribution < -0.4 is 20.3 Å². The molecule has 2 aromatic carbocycles. The van der Waals surface area contributed by atoms with Crippen LogP contribution in [-0.2, 0) is 18.3 Å². The maximum atomic E-state index is 13.5. The minimum Gasteiger partial charge on any atom is -0.495 e. The zero-order chi connectivity index (χ0) is 30.6. The molecule has 2 N–H and O–H groups in total. The second kappa shape index (κ2) is 12.4. The maximum Gasteiger partial charge on any atom is 0.422 e. The van der Waals surface area contributed by atoms with Crippen LogP contribution in [-0.4, -0.2) is 51.2 Å². The molecular weight excluding hydrogens is 581 g/mol. The van der Waals surface area contributed by atoms with Crippen LogP contribution in [0.2, 0.25) is 5.02 Å². The molecule has 0 aliphatic heterocycles. The fraction of sp³-hybridized carbons (Fsp3) is 0.214. The number of nitrogens with one attached hydrogen (secondary N) is 1. The molecule has 0 saturated heterocycles. The average Bonchev–Trinajstić information content (AvgIpc) is 3.35. The Morgan fingerprint density at radius 1 is 1.07 bits per heavy atom. The fourth-order valence-corrected chi connectivity index (χ4v) is 4.32. The Morgan fingerprint density at radius 2 is 1.76 bits per heavy atom. The summed E-state index contributed by atoms with van der Waals surface area (Å²) in [4.78, 5) is 38.2. The number of ether oxygens (including phenoxy) is 2. The minimum atomic E-state index is -4.61. The lowest BCUT2D eigenvalue weighted by Crippen LogP contribution is -2.34. The number of methoxy groups -OCH3 is 1. The monoisotopic (exact) mass is 604 g/mol. The van der Waals surface area contributed by atoms with Crippen LogP contribution in [0.4, 0.5) is 18.9 Å². The smallest absolute Gasteiger partial charge is 0.422 e. The van der Waals surface area contributed by atoms with E-state index in [0.29, 0.717) is 5.69 Å². The van der Waals surface area contributed by atoms with E-state index in [1.807, 2.05) is 0 Å². The van der Waals surface area contributed by atoms with Gasteiger partial charge in [0, 0.05) is 47.6 Å². The van der Waals surface area contributed by atoms with Crippen molar-refractivity contribution in [1.29, 1.82) is 0 Å². The summed E-state index contributed by atoms with van der Waals surface area (Å²) in [6, 6.07) is 11.0. The number of pyridine rings is 1. The van der Waals surface area contributed by atoms with Gasteiger partial charge in [-0.1, -0.05) is 11.6 Å². The third-order valence-corrected chi connectivity index (χ3v) is 6.33. The third kappa shape index (κ3) is 7.29. The highest BCUT2D eigenvalue weighted by molar-refractivity contribution is 6.31. The van der Waals surface area contributed by atoms with Crippen molar-refractivity contribution in [2.45, 2.75) is 18.6 Å². The van der Waals surface area contributed by atoms with Gasteiger partial charge < -0.3 is 19.9 Å². The molecule has 220 valence electrons. The van der Waals surface area contributed by atoms with Gasteiger partial charge in [-0.05, 0) is 48.5 Å². The number of nitrogens with zero attached hydrogens (tertiary/aromatic N) is 3. The number of anilines is 1. The number of carbonyl (C=O) groups is 2. The lowest BCUT2D eigenvalue weighted by atomic mass is 10.0. The van der Waals surface area contributed by atoms with Crippen LogP contribution in [0.25, 0.3) is 11.1 Å². The number of aromatic nitrogens is 3. The largest absolute Gasteiger partial charge is 0.495 e. The zero-order valence-corrected chi connectivity index (χ0v) is 22.9. The Balaban J connectivity index is 1.76. The quantitative estimate of drug-likeness (QED) is 0.262. The first-order valence-electron chi connectivity index (χ1n) is 12.3. The number of aromatic carboxylic acids is 1. The van der Waals surface area contributed by atoms with E-state index in [0.717, 1.165) is 10.6 Å². The first kappa shape index (κ1) is 30.2. The van der Waals surface area contributed by atoms with Gasteiger partial charge in [-0.15, -0.1) is 0 Å². The van der Waals surface area contributed by atoms with E-state index in [9.17, 15) is 27.6 Å². The first-order chi connectivity index (χ1) is 19.8. The van der Waals surface area contributed by atoms with E-state index in [-0.39, 0.29) is 45.3 Å². The number of amides is 1. The number of carboxylic acids is 1. The van der Waals surface area contributed by atoms with Crippen LogP contribution in [0.1, 0.15) is 22.1 Å². The molecule has 10 nitrogen and oxygen atoms in total. The Hall–Kier alpha value is -4.78. The summed E-state index contributed by atoms with van der Waals surface area (Å²) in [5.41, 5.74) is 0.306. The minimum absolute atomic E-state index is 0.0145. The number of alkyl halides is 3. The molecule has 0 bridgehead atoms. The predicted molar refractivity (Wildman–Crippen MR) is 147 cm³/mol. The van der Waals surface area contributed by atoms with Crippen molar-refractivity contribution in [2.75, 3.05) is 19.0 Å². The van der Waals surface area contributed by atoms with Gasteiger partial charge in [0.2, 0.25) is 5.91 Å². The van der Waals surface area contributed by atoms with Gasteiger partial charge >= 0.3 is 12.1 Å². The molecule has 0 spiro atoms. The van der Waals surface area contributed by atoms with E-state index in [1.165, 1.54) is 60.5 Å². The van der Waals surface area contributed by atoms with E-state index >= 15 is 0 Å². The molecule has 1 atom stereocenters. The van der Waals surface area contributed by atoms with E-state index in [4.69, 9.17) is 26.2 Å². The van der Waals surface area contributed by atoms with Crippen LogP contribution in [0, 0.1) is 0 Å². The summed E-state index contributed by atoms with van der Waals surface area (Å²) in [5, 5.41) is 16.3. The van der Waals surface area contributed by atoms with E-state index in [1.54, 1.807) is 19.3 Å². The van der Waals surface area contributed by atoms with Gasteiger partial charge in [0.1, 0.15) is 17.5 Å². The summed E-state index contributed by atoms with van der Waals surface area (Å²) in [5.74, 6) is -1.87. The Labute approximate surface area is 241 Å². The Bertz CT molecular complexity index is 1670. The SMILES string of the molecule is COc1cn(C(Cc2ccn(C)n2)C(=O)Nc2ccc(C(=O)O)cc2)c(=O)cc1-c1cc(Cl)ccc1OCC(F)(F)F. The van der Waals surface area contributed by atoms with Gasteiger partial charge in [-0.2, -0.15) is 18.3 Å². The number of carbonyl (C=O) groups excluding carboxylic acids is 1. The molecule has 14 heteroatoms. The number of hydrogen-bond acceptors (Lipinski definition) is 6. The van der Waals surface area contributed by atoms with Crippen molar-refractivity contribution in [3.05, 3.63) is 93.6 Å². The highest BCUT2D eigenvalue weighted by atomic mass is 35.5.